The number of anilines is 1. The lowest BCUT2D eigenvalue weighted by Gasteiger charge is -2.26. The molecule has 0 aromatic heterocycles. The zero-order valence-corrected chi connectivity index (χ0v) is 15.5. The van der Waals surface area contributed by atoms with Crippen LogP contribution >= 0.6 is 0 Å². The van der Waals surface area contributed by atoms with Crippen molar-refractivity contribution in [3.05, 3.63) is 59.7 Å². The lowest BCUT2D eigenvalue weighted by atomic mass is 10.1. The van der Waals surface area contributed by atoms with Crippen LogP contribution in [0.4, 0.5) is 27.6 Å². The normalized spacial score (nSPS) is 19.3. The smallest absolute Gasteiger partial charge is 0.416 e. The first-order valence-corrected chi connectivity index (χ1v) is 8.97. The monoisotopic (exact) mass is 431 g/mol. The first-order valence-electron chi connectivity index (χ1n) is 8.97. The Morgan fingerprint density at radius 3 is 2.27 bits per heavy atom. The molecule has 1 saturated heterocycles. The van der Waals surface area contributed by atoms with E-state index in [2.05, 4.69) is 4.74 Å². The Morgan fingerprint density at radius 2 is 1.73 bits per heavy atom. The molecule has 0 spiro atoms. The van der Waals surface area contributed by atoms with E-state index in [9.17, 15) is 26.7 Å². The second kappa shape index (κ2) is 8.86. The minimum absolute atomic E-state index is 0.0795. The number of carbonyl (C=O) groups is 1. The second-order valence-electron chi connectivity index (χ2n) is 6.75. The van der Waals surface area contributed by atoms with Gasteiger partial charge in [0.25, 0.3) is 0 Å². The van der Waals surface area contributed by atoms with Crippen molar-refractivity contribution >= 4 is 11.7 Å². The number of carboxylic acid groups (broad SMARTS) is 1. The Balaban J connectivity index is 1.73. The van der Waals surface area contributed by atoms with Crippen LogP contribution in [0, 0.1) is 0 Å². The summed E-state index contributed by atoms with van der Waals surface area (Å²) in [6.07, 6.45) is -4.64. The average Bonchev–Trinajstić information content (AvgIpc) is 3.08. The van der Waals surface area contributed by atoms with Gasteiger partial charge in [0.15, 0.2) is 0 Å². The SMILES string of the molecule is O=C(O)c1ccc(N2C[C@@H](Oc3ccc(C(F)(F)F)cc3)C[C@H]2COC(F)F)cc1. The highest BCUT2D eigenvalue weighted by atomic mass is 19.4. The van der Waals surface area contributed by atoms with Gasteiger partial charge in [-0.3, -0.25) is 0 Å². The minimum atomic E-state index is -4.46. The van der Waals surface area contributed by atoms with Gasteiger partial charge in [0.05, 0.1) is 30.3 Å². The number of aromatic carboxylic acids is 1. The van der Waals surface area contributed by atoms with Crippen LogP contribution in [0.15, 0.2) is 48.5 Å². The summed E-state index contributed by atoms with van der Waals surface area (Å²) in [5.74, 6) is -0.867. The molecule has 2 aromatic carbocycles. The van der Waals surface area contributed by atoms with E-state index < -0.39 is 36.5 Å². The molecule has 0 bridgehead atoms. The van der Waals surface area contributed by atoms with Crippen molar-refractivity contribution < 1.29 is 41.3 Å². The van der Waals surface area contributed by atoms with E-state index in [-0.39, 0.29) is 24.5 Å². The van der Waals surface area contributed by atoms with E-state index in [4.69, 9.17) is 9.84 Å². The fraction of sp³-hybridized carbons (Fsp3) is 0.350. The molecule has 0 amide bonds. The van der Waals surface area contributed by atoms with Crippen LogP contribution in [0.5, 0.6) is 5.75 Å². The van der Waals surface area contributed by atoms with Crippen molar-refractivity contribution in [1.29, 1.82) is 0 Å². The van der Waals surface area contributed by atoms with E-state index in [0.717, 1.165) is 12.1 Å². The molecule has 0 unspecified atom stereocenters. The molecule has 1 aliphatic heterocycles. The molecule has 0 radical (unpaired) electrons. The third-order valence-corrected chi connectivity index (χ3v) is 4.72. The van der Waals surface area contributed by atoms with Crippen LogP contribution in [0.3, 0.4) is 0 Å². The van der Waals surface area contributed by atoms with Gasteiger partial charge in [-0.1, -0.05) is 0 Å². The first kappa shape index (κ1) is 21.8. The zero-order chi connectivity index (χ0) is 21.9. The van der Waals surface area contributed by atoms with Gasteiger partial charge in [0.2, 0.25) is 0 Å². The van der Waals surface area contributed by atoms with E-state index >= 15 is 0 Å². The highest BCUT2D eigenvalue weighted by molar-refractivity contribution is 5.88. The molecule has 2 aromatic rings. The van der Waals surface area contributed by atoms with Crippen molar-refractivity contribution in [3.8, 4) is 5.75 Å². The third-order valence-electron chi connectivity index (χ3n) is 4.72. The Morgan fingerprint density at radius 1 is 1.10 bits per heavy atom. The highest BCUT2D eigenvalue weighted by Crippen LogP contribution is 2.32. The number of hydrogen-bond acceptors (Lipinski definition) is 4. The largest absolute Gasteiger partial charge is 0.489 e. The number of carboxylic acids is 1. The number of nitrogens with zero attached hydrogens (tertiary/aromatic N) is 1. The van der Waals surface area contributed by atoms with Crippen LogP contribution in [0.2, 0.25) is 0 Å². The molecule has 0 saturated carbocycles. The number of alkyl halides is 5. The first-order chi connectivity index (χ1) is 14.1. The summed E-state index contributed by atoms with van der Waals surface area (Å²) in [7, 11) is 0. The molecule has 1 fully saturated rings. The zero-order valence-electron chi connectivity index (χ0n) is 15.5. The van der Waals surface area contributed by atoms with E-state index in [1.807, 2.05) is 0 Å². The molecule has 1 N–H and O–H groups in total. The number of ether oxygens (including phenoxy) is 2. The Labute approximate surface area is 168 Å². The summed E-state index contributed by atoms with van der Waals surface area (Å²) >= 11 is 0. The van der Waals surface area contributed by atoms with Crippen molar-refractivity contribution in [1.82, 2.24) is 0 Å². The third kappa shape index (κ3) is 5.38. The Bertz CT molecular complexity index is 855. The van der Waals surface area contributed by atoms with Crippen molar-refractivity contribution in [2.75, 3.05) is 18.1 Å². The van der Waals surface area contributed by atoms with Gasteiger partial charge in [-0.2, -0.15) is 22.0 Å². The summed E-state index contributed by atoms with van der Waals surface area (Å²) in [6, 6.07) is 9.65. The maximum Gasteiger partial charge on any atom is 0.416 e. The molecule has 5 nitrogen and oxygen atoms in total. The van der Waals surface area contributed by atoms with Gasteiger partial charge in [0, 0.05) is 12.1 Å². The average molecular weight is 431 g/mol. The number of rotatable bonds is 7. The fourth-order valence-electron chi connectivity index (χ4n) is 3.33. The summed E-state index contributed by atoms with van der Waals surface area (Å²) in [4.78, 5) is 12.8. The van der Waals surface area contributed by atoms with Crippen LogP contribution < -0.4 is 9.64 Å². The molecule has 10 heteroatoms. The lowest BCUT2D eigenvalue weighted by molar-refractivity contribution is -0.137. The number of hydrogen-bond donors (Lipinski definition) is 1. The minimum Gasteiger partial charge on any atom is -0.489 e. The summed E-state index contributed by atoms with van der Waals surface area (Å²) in [5, 5.41) is 9.01. The van der Waals surface area contributed by atoms with E-state index in [1.165, 1.54) is 24.3 Å². The van der Waals surface area contributed by atoms with Gasteiger partial charge in [0.1, 0.15) is 11.9 Å². The maximum absolute atomic E-state index is 12.7. The topological polar surface area (TPSA) is 59.0 Å². The molecule has 3 rings (SSSR count). The predicted octanol–water partition coefficient (Wildman–Crippen LogP) is 4.67. The summed E-state index contributed by atoms with van der Waals surface area (Å²) in [5.41, 5.74) is -0.123. The van der Waals surface area contributed by atoms with Gasteiger partial charge in [-0.25, -0.2) is 4.79 Å². The van der Waals surface area contributed by atoms with Crippen molar-refractivity contribution in [2.24, 2.45) is 0 Å². The van der Waals surface area contributed by atoms with Crippen LogP contribution in [0.1, 0.15) is 22.3 Å². The van der Waals surface area contributed by atoms with Crippen LogP contribution in [-0.4, -0.2) is 43.0 Å². The van der Waals surface area contributed by atoms with Crippen LogP contribution in [-0.2, 0) is 10.9 Å². The summed E-state index contributed by atoms with van der Waals surface area (Å²) in [6.45, 7) is -2.97. The predicted molar refractivity (Wildman–Crippen MR) is 97.0 cm³/mol. The van der Waals surface area contributed by atoms with Crippen LogP contribution in [0.25, 0.3) is 0 Å². The number of benzene rings is 2. The quantitative estimate of drug-likeness (QED) is 0.646. The summed E-state index contributed by atoms with van der Waals surface area (Å²) < 4.78 is 73.3. The molecular formula is C20H18F5NO4. The molecular weight excluding hydrogens is 413 g/mol. The fourth-order valence-corrected chi connectivity index (χ4v) is 3.33. The van der Waals surface area contributed by atoms with Gasteiger partial charge in [-0.05, 0) is 48.5 Å². The molecule has 30 heavy (non-hydrogen) atoms. The molecule has 0 aliphatic carbocycles. The van der Waals surface area contributed by atoms with Gasteiger partial charge >= 0.3 is 18.8 Å². The van der Waals surface area contributed by atoms with Crippen molar-refractivity contribution in [3.63, 3.8) is 0 Å². The molecule has 2 atom stereocenters. The lowest BCUT2D eigenvalue weighted by Crippen LogP contribution is -2.34. The van der Waals surface area contributed by atoms with Gasteiger partial charge < -0.3 is 19.5 Å². The molecule has 162 valence electrons. The van der Waals surface area contributed by atoms with E-state index in [0.29, 0.717) is 12.1 Å². The molecule has 1 aliphatic rings. The highest BCUT2D eigenvalue weighted by Gasteiger charge is 2.35. The molecule has 1 heterocycles. The van der Waals surface area contributed by atoms with Crippen molar-refractivity contribution in [2.45, 2.75) is 31.4 Å². The Hall–Kier alpha value is -2.88. The van der Waals surface area contributed by atoms with Gasteiger partial charge in [-0.15, -0.1) is 0 Å². The van der Waals surface area contributed by atoms with E-state index in [1.54, 1.807) is 17.0 Å². The standard InChI is InChI=1S/C20H18F5NO4/c21-19(22)29-11-15-9-17(30-16-7-3-13(4-8-16)20(23,24)25)10-26(15)14-5-1-12(2-6-14)18(27)28/h1-8,15,17,19H,9-11H2,(H,27,28)/t15-,17-/m0/s1. The second-order valence-corrected chi connectivity index (χ2v) is 6.75. The Kier molecular flexibility index (Phi) is 6.45. The maximum atomic E-state index is 12.7. The number of halogens is 5.